The van der Waals surface area contributed by atoms with E-state index in [9.17, 15) is 0 Å². The molecular weight excluding hydrogens is 238 g/mol. The largest absolute Gasteiger partial charge is 0.339 e. The minimum Gasteiger partial charge on any atom is -0.339 e. The molecule has 1 saturated carbocycles. The highest BCUT2D eigenvalue weighted by Crippen LogP contribution is 2.34. The van der Waals surface area contributed by atoms with E-state index in [1.54, 1.807) is 0 Å². The van der Waals surface area contributed by atoms with Gasteiger partial charge in [-0.25, -0.2) is 0 Å². The molecule has 2 fully saturated rings. The number of aromatic nitrogens is 2. The number of halogens is 1. The third-order valence-electron chi connectivity index (χ3n) is 3.88. The van der Waals surface area contributed by atoms with Crippen LogP contribution in [0.15, 0.2) is 4.52 Å². The van der Waals surface area contributed by atoms with Crippen LogP contribution in [0.3, 0.4) is 0 Å². The van der Waals surface area contributed by atoms with E-state index < -0.39 is 0 Å². The van der Waals surface area contributed by atoms with Crippen LogP contribution in [0.25, 0.3) is 0 Å². The zero-order valence-corrected chi connectivity index (χ0v) is 10.8. The van der Waals surface area contributed by atoms with E-state index in [-0.39, 0.29) is 12.4 Å². The Morgan fingerprint density at radius 2 is 1.94 bits per heavy atom. The van der Waals surface area contributed by atoms with E-state index in [1.807, 2.05) is 0 Å². The van der Waals surface area contributed by atoms with Crippen molar-refractivity contribution in [3.05, 3.63) is 11.7 Å². The standard InChI is InChI=1S/C12H19N3O.ClH/c1-2-10(3-1)12-14-11(16-15-12)8-9-4-6-13-7-5-9;/h9-10,13H,1-8H2;1H. The van der Waals surface area contributed by atoms with Gasteiger partial charge in [0, 0.05) is 12.3 Å². The van der Waals surface area contributed by atoms with Crippen LogP contribution in [-0.2, 0) is 6.42 Å². The van der Waals surface area contributed by atoms with Crippen molar-refractivity contribution in [3.8, 4) is 0 Å². The third-order valence-corrected chi connectivity index (χ3v) is 3.88. The summed E-state index contributed by atoms with van der Waals surface area (Å²) in [6.45, 7) is 2.27. The summed E-state index contributed by atoms with van der Waals surface area (Å²) in [4.78, 5) is 4.53. The predicted molar refractivity (Wildman–Crippen MR) is 67.4 cm³/mol. The molecule has 1 aliphatic carbocycles. The molecule has 3 rings (SSSR count). The lowest BCUT2D eigenvalue weighted by Crippen LogP contribution is -2.28. The molecule has 1 aromatic rings. The normalized spacial score (nSPS) is 21.9. The number of nitrogens with zero attached hydrogens (tertiary/aromatic N) is 2. The SMILES string of the molecule is C1CC(c2noc(CC3CCNCC3)n2)C1.Cl. The first-order valence-electron chi connectivity index (χ1n) is 6.45. The van der Waals surface area contributed by atoms with Crippen LogP contribution in [0.2, 0.25) is 0 Å². The highest BCUT2D eigenvalue weighted by Gasteiger charge is 2.25. The van der Waals surface area contributed by atoms with Crippen LogP contribution in [0.1, 0.15) is 49.7 Å². The average Bonchev–Trinajstić information content (AvgIpc) is 2.65. The van der Waals surface area contributed by atoms with Crippen molar-refractivity contribution in [2.45, 2.75) is 44.4 Å². The summed E-state index contributed by atoms with van der Waals surface area (Å²) in [5.74, 6) is 3.13. The van der Waals surface area contributed by atoms with Gasteiger partial charge in [-0.2, -0.15) is 4.98 Å². The Balaban J connectivity index is 0.00000108. The Morgan fingerprint density at radius 1 is 1.18 bits per heavy atom. The fraction of sp³-hybridized carbons (Fsp3) is 0.833. The second-order valence-electron chi connectivity index (χ2n) is 5.07. The minimum atomic E-state index is 0. The maximum atomic E-state index is 5.34. The summed E-state index contributed by atoms with van der Waals surface area (Å²) < 4.78 is 5.34. The summed E-state index contributed by atoms with van der Waals surface area (Å²) >= 11 is 0. The molecule has 4 nitrogen and oxygen atoms in total. The predicted octanol–water partition coefficient (Wildman–Crippen LogP) is 2.30. The van der Waals surface area contributed by atoms with Crippen LogP contribution in [0, 0.1) is 5.92 Å². The molecule has 96 valence electrons. The second-order valence-corrected chi connectivity index (χ2v) is 5.07. The molecule has 0 atom stereocenters. The van der Waals surface area contributed by atoms with Gasteiger partial charge in [-0.15, -0.1) is 12.4 Å². The Labute approximate surface area is 108 Å². The second kappa shape index (κ2) is 5.83. The fourth-order valence-electron chi connectivity index (χ4n) is 2.52. The van der Waals surface area contributed by atoms with Gasteiger partial charge in [-0.3, -0.25) is 0 Å². The van der Waals surface area contributed by atoms with Gasteiger partial charge in [0.15, 0.2) is 5.82 Å². The smallest absolute Gasteiger partial charge is 0.226 e. The van der Waals surface area contributed by atoms with Crippen molar-refractivity contribution in [1.82, 2.24) is 15.5 Å². The van der Waals surface area contributed by atoms with E-state index in [1.165, 1.54) is 32.1 Å². The van der Waals surface area contributed by atoms with Gasteiger partial charge in [0.25, 0.3) is 0 Å². The third kappa shape index (κ3) is 2.99. The van der Waals surface area contributed by atoms with E-state index >= 15 is 0 Å². The van der Waals surface area contributed by atoms with Crippen LogP contribution in [0.4, 0.5) is 0 Å². The van der Waals surface area contributed by atoms with Crippen molar-refractivity contribution in [2.75, 3.05) is 13.1 Å². The monoisotopic (exact) mass is 257 g/mol. The number of hydrogen-bond acceptors (Lipinski definition) is 4. The van der Waals surface area contributed by atoms with Crippen molar-refractivity contribution in [3.63, 3.8) is 0 Å². The lowest BCUT2D eigenvalue weighted by Gasteiger charge is -2.21. The number of nitrogens with one attached hydrogen (secondary N) is 1. The molecule has 1 aromatic heterocycles. The summed E-state index contributed by atoms with van der Waals surface area (Å²) in [6.07, 6.45) is 7.26. The molecule has 0 amide bonds. The first kappa shape index (κ1) is 12.8. The highest BCUT2D eigenvalue weighted by atomic mass is 35.5. The quantitative estimate of drug-likeness (QED) is 0.903. The van der Waals surface area contributed by atoms with E-state index in [2.05, 4.69) is 15.5 Å². The molecule has 1 aliphatic heterocycles. The topological polar surface area (TPSA) is 51.0 Å². The van der Waals surface area contributed by atoms with E-state index in [4.69, 9.17) is 4.52 Å². The maximum Gasteiger partial charge on any atom is 0.226 e. The van der Waals surface area contributed by atoms with Gasteiger partial charge in [0.05, 0.1) is 0 Å². The van der Waals surface area contributed by atoms with Crippen LogP contribution in [0.5, 0.6) is 0 Å². The number of piperidine rings is 1. The summed E-state index contributed by atoms with van der Waals surface area (Å²) in [7, 11) is 0. The average molecular weight is 258 g/mol. The Hall–Kier alpha value is -0.610. The summed E-state index contributed by atoms with van der Waals surface area (Å²) in [5, 5.41) is 7.48. The van der Waals surface area contributed by atoms with E-state index in [0.29, 0.717) is 5.92 Å². The molecule has 0 radical (unpaired) electrons. The molecule has 1 saturated heterocycles. The molecule has 1 N–H and O–H groups in total. The molecular formula is C12H20ClN3O. The number of rotatable bonds is 3. The van der Waals surface area contributed by atoms with Gasteiger partial charge >= 0.3 is 0 Å². The molecule has 5 heteroatoms. The minimum absolute atomic E-state index is 0. The molecule has 17 heavy (non-hydrogen) atoms. The summed E-state index contributed by atoms with van der Waals surface area (Å²) in [6, 6.07) is 0. The molecule has 0 aromatic carbocycles. The van der Waals surface area contributed by atoms with Gasteiger partial charge in [-0.1, -0.05) is 11.6 Å². The summed E-state index contributed by atoms with van der Waals surface area (Å²) in [5.41, 5.74) is 0. The Kier molecular flexibility index (Phi) is 4.40. The Morgan fingerprint density at radius 3 is 2.59 bits per heavy atom. The Bertz CT molecular complexity index is 345. The lowest BCUT2D eigenvalue weighted by atomic mass is 9.85. The van der Waals surface area contributed by atoms with E-state index in [0.717, 1.165) is 37.1 Å². The zero-order chi connectivity index (χ0) is 10.8. The zero-order valence-electron chi connectivity index (χ0n) is 10.0. The van der Waals surface area contributed by atoms with Gasteiger partial charge in [0.1, 0.15) is 0 Å². The molecule has 0 unspecified atom stereocenters. The van der Waals surface area contributed by atoms with Crippen molar-refractivity contribution in [1.29, 1.82) is 0 Å². The fourth-order valence-corrected chi connectivity index (χ4v) is 2.52. The van der Waals surface area contributed by atoms with Gasteiger partial charge in [0.2, 0.25) is 5.89 Å². The van der Waals surface area contributed by atoms with Crippen LogP contribution < -0.4 is 5.32 Å². The maximum absolute atomic E-state index is 5.34. The van der Waals surface area contributed by atoms with Crippen LogP contribution >= 0.6 is 12.4 Å². The molecule has 0 bridgehead atoms. The van der Waals surface area contributed by atoms with Gasteiger partial charge < -0.3 is 9.84 Å². The number of hydrogen-bond donors (Lipinski definition) is 1. The van der Waals surface area contributed by atoms with Crippen molar-refractivity contribution < 1.29 is 4.52 Å². The van der Waals surface area contributed by atoms with Gasteiger partial charge in [-0.05, 0) is 44.7 Å². The molecule has 2 aliphatic rings. The van der Waals surface area contributed by atoms with Crippen LogP contribution in [-0.4, -0.2) is 23.2 Å². The highest BCUT2D eigenvalue weighted by molar-refractivity contribution is 5.85. The first-order chi connectivity index (χ1) is 7.92. The lowest BCUT2D eigenvalue weighted by molar-refractivity contribution is 0.307. The van der Waals surface area contributed by atoms with Crippen molar-refractivity contribution >= 4 is 12.4 Å². The first-order valence-corrected chi connectivity index (χ1v) is 6.45. The molecule has 2 heterocycles. The molecule has 0 spiro atoms. The van der Waals surface area contributed by atoms with Crippen molar-refractivity contribution in [2.24, 2.45) is 5.92 Å².